The standard InChI is InChI=1S/C20H18N4O2S/c21-16-10-9-12-5-1-3-7-14(12)18(16)19-15-8-4-2-6-13(15)11-17(22)20(19,23)24-27(25)26/h1-11,17H,21-23H2/t17?,20-/m0/s1. The van der Waals surface area contributed by atoms with E-state index in [-0.39, 0.29) is 0 Å². The Labute approximate surface area is 157 Å². The average Bonchev–Trinajstić information content (AvgIpc) is 2.63. The molecule has 0 aliphatic heterocycles. The molecule has 6 nitrogen and oxygen atoms in total. The number of nitrogen functional groups attached to an aromatic ring is 1. The third kappa shape index (κ3) is 2.73. The lowest BCUT2D eigenvalue weighted by Crippen LogP contribution is -2.60. The van der Waals surface area contributed by atoms with Gasteiger partial charge in [-0.3, -0.25) is 0 Å². The van der Waals surface area contributed by atoms with Crippen LogP contribution in [0.5, 0.6) is 0 Å². The molecule has 27 heavy (non-hydrogen) atoms. The average molecular weight is 378 g/mol. The fourth-order valence-corrected chi connectivity index (χ4v) is 4.16. The van der Waals surface area contributed by atoms with E-state index < -0.39 is 22.2 Å². The summed E-state index contributed by atoms with van der Waals surface area (Å²) in [6.45, 7) is 0. The first-order chi connectivity index (χ1) is 12.9. The van der Waals surface area contributed by atoms with Crippen LogP contribution < -0.4 is 27.6 Å². The summed E-state index contributed by atoms with van der Waals surface area (Å²) in [5, 5.41) is 3.44. The van der Waals surface area contributed by atoms with Crippen LogP contribution in [0.2, 0.25) is 0 Å². The summed E-state index contributed by atoms with van der Waals surface area (Å²) in [6, 6.07) is 18.1. The molecular weight excluding hydrogens is 360 g/mol. The van der Waals surface area contributed by atoms with Gasteiger partial charge in [0.2, 0.25) is 0 Å². The van der Waals surface area contributed by atoms with Crippen molar-refractivity contribution in [3.05, 3.63) is 76.7 Å². The van der Waals surface area contributed by atoms with Crippen LogP contribution in [0.1, 0.15) is 5.56 Å². The van der Waals surface area contributed by atoms with Gasteiger partial charge in [-0.25, -0.2) is 0 Å². The number of benzene rings is 3. The number of nitrogens with zero attached hydrogens (tertiary/aromatic N) is 1. The summed E-state index contributed by atoms with van der Waals surface area (Å²) in [5.74, 6) is 0. The van der Waals surface area contributed by atoms with Crippen LogP contribution >= 0.6 is 0 Å². The largest absolute Gasteiger partial charge is 0.398 e. The molecule has 0 heterocycles. The molecule has 3 aromatic rings. The fourth-order valence-electron chi connectivity index (χ4n) is 3.71. The Kier molecular flexibility index (Phi) is 4.07. The summed E-state index contributed by atoms with van der Waals surface area (Å²) in [6.07, 6.45) is 1.73. The van der Waals surface area contributed by atoms with E-state index in [0.717, 1.165) is 21.2 Å². The van der Waals surface area contributed by atoms with Gasteiger partial charge in [0.05, 0.1) is 6.04 Å². The highest BCUT2D eigenvalue weighted by Crippen LogP contribution is 2.36. The summed E-state index contributed by atoms with van der Waals surface area (Å²) in [4.78, 5) is 0. The second kappa shape index (κ2) is 6.31. The van der Waals surface area contributed by atoms with Gasteiger partial charge in [-0.05, 0) is 27.3 Å². The Morgan fingerprint density at radius 3 is 2.44 bits per heavy atom. The molecule has 0 aromatic heterocycles. The summed E-state index contributed by atoms with van der Waals surface area (Å²) < 4.78 is 26.8. The van der Waals surface area contributed by atoms with E-state index >= 15 is 0 Å². The highest BCUT2D eigenvalue weighted by Gasteiger charge is 2.40. The Balaban J connectivity index is 2.28. The van der Waals surface area contributed by atoms with Crippen molar-refractivity contribution in [3.8, 4) is 0 Å². The molecule has 1 aliphatic rings. The van der Waals surface area contributed by atoms with Crippen molar-refractivity contribution < 1.29 is 8.42 Å². The molecule has 1 aliphatic carbocycles. The van der Waals surface area contributed by atoms with Gasteiger partial charge in [0, 0.05) is 16.8 Å². The van der Waals surface area contributed by atoms with Crippen LogP contribution in [-0.2, 0) is 10.5 Å². The maximum atomic E-state index is 11.5. The van der Waals surface area contributed by atoms with Crippen LogP contribution in [0.15, 0.2) is 65.0 Å². The Hall–Kier alpha value is -3.00. The van der Waals surface area contributed by atoms with Gasteiger partial charge in [0.25, 0.3) is 0 Å². The SMILES string of the molecule is Nc1ccc2ccccc2c1C1=c2ccccc2=CC(N)[C@]1(N)N=S(=O)=O. The Bertz CT molecular complexity index is 1320. The van der Waals surface area contributed by atoms with E-state index in [2.05, 4.69) is 4.36 Å². The molecule has 3 aromatic carbocycles. The molecule has 1 unspecified atom stereocenters. The van der Waals surface area contributed by atoms with Crippen LogP contribution in [0.3, 0.4) is 0 Å². The smallest absolute Gasteiger partial charge is 0.313 e. The van der Waals surface area contributed by atoms with Crippen LogP contribution in [-0.4, -0.2) is 20.1 Å². The van der Waals surface area contributed by atoms with E-state index in [1.807, 2.05) is 54.6 Å². The number of hydrogen-bond acceptors (Lipinski definition) is 6. The van der Waals surface area contributed by atoms with E-state index in [0.29, 0.717) is 16.8 Å². The minimum Gasteiger partial charge on any atom is -0.398 e. The zero-order valence-corrected chi connectivity index (χ0v) is 15.1. The first-order valence-electron chi connectivity index (χ1n) is 8.38. The molecule has 0 amide bonds. The Morgan fingerprint density at radius 1 is 0.963 bits per heavy atom. The molecule has 0 fully saturated rings. The van der Waals surface area contributed by atoms with Gasteiger partial charge in [0.15, 0.2) is 5.66 Å². The number of anilines is 1. The second-order valence-corrected chi connectivity index (χ2v) is 7.16. The van der Waals surface area contributed by atoms with Gasteiger partial charge in [-0.2, -0.15) is 8.42 Å². The third-order valence-electron chi connectivity index (χ3n) is 4.93. The minimum absolute atomic E-state index is 0.481. The topological polar surface area (TPSA) is 125 Å². The van der Waals surface area contributed by atoms with Crippen LogP contribution in [0.25, 0.3) is 22.4 Å². The zero-order valence-electron chi connectivity index (χ0n) is 14.3. The first-order valence-corrected chi connectivity index (χ1v) is 9.41. The quantitative estimate of drug-likeness (QED) is 0.559. The molecule has 2 atom stereocenters. The fraction of sp³-hybridized carbons (Fsp3) is 0.100. The molecule has 6 N–H and O–H groups in total. The molecule has 0 spiro atoms. The minimum atomic E-state index is -2.75. The monoisotopic (exact) mass is 378 g/mol. The van der Waals surface area contributed by atoms with Gasteiger partial charge in [-0.1, -0.05) is 60.7 Å². The van der Waals surface area contributed by atoms with Crippen molar-refractivity contribution in [2.45, 2.75) is 11.7 Å². The molecule has 136 valence electrons. The summed E-state index contributed by atoms with van der Waals surface area (Å²) in [7, 11) is -2.75. The van der Waals surface area contributed by atoms with Crippen LogP contribution in [0.4, 0.5) is 5.69 Å². The predicted molar refractivity (Wildman–Crippen MR) is 107 cm³/mol. The lowest BCUT2D eigenvalue weighted by molar-refractivity contribution is 0.520. The second-order valence-electron chi connectivity index (χ2n) is 6.54. The van der Waals surface area contributed by atoms with E-state index in [4.69, 9.17) is 17.2 Å². The van der Waals surface area contributed by atoms with Crippen molar-refractivity contribution in [1.82, 2.24) is 0 Å². The number of fused-ring (bicyclic) bond motifs is 2. The van der Waals surface area contributed by atoms with E-state index in [1.54, 1.807) is 12.1 Å². The van der Waals surface area contributed by atoms with E-state index in [9.17, 15) is 8.42 Å². The highest BCUT2D eigenvalue weighted by atomic mass is 32.2. The lowest BCUT2D eigenvalue weighted by Gasteiger charge is -2.34. The summed E-state index contributed by atoms with van der Waals surface area (Å²) >= 11 is 0. The molecule has 7 heteroatoms. The van der Waals surface area contributed by atoms with Crippen molar-refractivity contribution >= 4 is 38.6 Å². The van der Waals surface area contributed by atoms with Gasteiger partial charge in [-0.15, -0.1) is 4.36 Å². The van der Waals surface area contributed by atoms with Crippen molar-refractivity contribution in [3.63, 3.8) is 0 Å². The summed E-state index contributed by atoms with van der Waals surface area (Å²) in [5.41, 5.74) is 19.2. The first kappa shape index (κ1) is 17.4. The molecule has 0 radical (unpaired) electrons. The normalized spacial score (nSPS) is 21.4. The molecule has 0 saturated carbocycles. The molecular formula is C20H18N4O2S. The molecule has 0 bridgehead atoms. The van der Waals surface area contributed by atoms with Gasteiger partial charge in [0.1, 0.15) is 0 Å². The zero-order chi connectivity index (χ0) is 19.2. The lowest BCUT2D eigenvalue weighted by atomic mass is 9.80. The number of nitrogens with two attached hydrogens (primary N) is 3. The maximum Gasteiger partial charge on any atom is 0.313 e. The maximum absolute atomic E-state index is 11.5. The van der Waals surface area contributed by atoms with Crippen molar-refractivity contribution in [2.24, 2.45) is 15.8 Å². The molecule has 4 rings (SSSR count). The van der Waals surface area contributed by atoms with Crippen molar-refractivity contribution in [1.29, 1.82) is 0 Å². The van der Waals surface area contributed by atoms with Crippen LogP contribution in [0, 0.1) is 0 Å². The van der Waals surface area contributed by atoms with Gasteiger partial charge < -0.3 is 17.2 Å². The Morgan fingerprint density at radius 2 is 1.67 bits per heavy atom. The third-order valence-corrected chi connectivity index (χ3v) is 5.39. The predicted octanol–water partition coefficient (Wildman–Crippen LogP) is 0.460. The highest BCUT2D eigenvalue weighted by molar-refractivity contribution is 7.61. The van der Waals surface area contributed by atoms with E-state index in [1.165, 1.54) is 0 Å². The van der Waals surface area contributed by atoms with Gasteiger partial charge >= 0.3 is 10.5 Å². The number of rotatable bonds is 2. The van der Waals surface area contributed by atoms with Crippen molar-refractivity contribution in [2.75, 3.05) is 5.73 Å². The molecule has 0 saturated heterocycles. The number of hydrogen-bond donors (Lipinski definition) is 3.